The van der Waals surface area contributed by atoms with Crippen LogP contribution in [0.15, 0.2) is 0 Å². The first-order chi connectivity index (χ1) is 9.23. The minimum Gasteiger partial charge on any atom is -0.379 e. The Hall–Kier alpha value is -0.500. The molecule has 2 fully saturated rings. The van der Waals surface area contributed by atoms with E-state index in [0.717, 1.165) is 12.8 Å². The molecule has 2 saturated heterocycles. The van der Waals surface area contributed by atoms with Gasteiger partial charge in [0, 0.05) is 25.6 Å². The van der Waals surface area contributed by atoms with Gasteiger partial charge in [0.05, 0.1) is 24.9 Å². The van der Waals surface area contributed by atoms with Gasteiger partial charge in [0.2, 0.25) is 10.0 Å². The minimum absolute atomic E-state index is 0.0931. The SMILES string of the molecule is CC1(C(=O)CC2CCCN(S(C)(=O)=O)C2)COCC1N. The van der Waals surface area contributed by atoms with E-state index in [2.05, 4.69) is 0 Å². The zero-order chi connectivity index (χ0) is 15.0. The first-order valence-electron chi connectivity index (χ1n) is 7.05. The molecule has 3 atom stereocenters. The summed E-state index contributed by atoms with van der Waals surface area (Å²) in [7, 11) is -3.17. The summed E-state index contributed by atoms with van der Waals surface area (Å²) >= 11 is 0. The number of carbonyl (C=O) groups is 1. The second kappa shape index (κ2) is 5.71. The molecule has 2 N–H and O–H groups in total. The Balaban J connectivity index is 1.98. The molecule has 2 rings (SSSR count). The van der Waals surface area contributed by atoms with E-state index in [1.165, 1.54) is 10.6 Å². The van der Waals surface area contributed by atoms with Crippen LogP contribution in [0.5, 0.6) is 0 Å². The smallest absolute Gasteiger partial charge is 0.211 e. The van der Waals surface area contributed by atoms with Gasteiger partial charge < -0.3 is 10.5 Å². The molecular formula is C13H24N2O4S. The normalized spacial score (nSPS) is 36.1. The average Bonchev–Trinajstić information content (AvgIpc) is 2.70. The van der Waals surface area contributed by atoms with Gasteiger partial charge in [0.25, 0.3) is 0 Å². The maximum atomic E-state index is 12.5. The zero-order valence-corrected chi connectivity index (χ0v) is 13.0. The van der Waals surface area contributed by atoms with Crippen LogP contribution in [-0.4, -0.2) is 57.1 Å². The fraction of sp³-hybridized carbons (Fsp3) is 0.923. The van der Waals surface area contributed by atoms with Gasteiger partial charge >= 0.3 is 0 Å². The van der Waals surface area contributed by atoms with E-state index in [1.807, 2.05) is 6.92 Å². The molecule has 2 aliphatic rings. The molecule has 7 heteroatoms. The third-order valence-electron chi connectivity index (χ3n) is 4.58. The second-order valence-corrected chi connectivity index (χ2v) is 8.28. The summed E-state index contributed by atoms with van der Waals surface area (Å²) in [5.41, 5.74) is 5.35. The third kappa shape index (κ3) is 3.21. The predicted octanol–water partition coefficient (Wildman–Crippen LogP) is -0.0190. The first kappa shape index (κ1) is 15.9. The van der Waals surface area contributed by atoms with Crippen LogP contribution >= 0.6 is 0 Å². The first-order valence-corrected chi connectivity index (χ1v) is 8.90. The van der Waals surface area contributed by atoms with Crippen molar-refractivity contribution in [2.75, 3.05) is 32.6 Å². The van der Waals surface area contributed by atoms with Gasteiger partial charge in [-0.05, 0) is 25.7 Å². The van der Waals surface area contributed by atoms with Crippen LogP contribution in [0.3, 0.4) is 0 Å². The molecule has 0 radical (unpaired) electrons. The lowest BCUT2D eigenvalue weighted by atomic mass is 9.77. The summed E-state index contributed by atoms with van der Waals surface area (Å²) in [6, 6.07) is -0.260. The molecule has 0 aromatic rings. The van der Waals surface area contributed by atoms with E-state index < -0.39 is 15.4 Å². The number of carbonyl (C=O) groups excluding carboxylic acids is 1. The van der Waals surface area contributed by atoms with E-state index in [-0.39, 0.29) is 17.7 Å². The highest BCUT2D eigenvalue weighted by Gasteiger charge is 2.44. The molecule has 116 valence electrons. The number of piperidine rings is 1. The second-order valence-electron chi connectivity index (χ2n) is 6.30. The summed E-state index contributed by atoms with van der Waals surface area (Å²) in [5.74, 6) is 0.193. The van der Waals surface area contributed by atoms with Gasteiger partial charge in [0.1, 0.15) is 5.78 Å². The van der Waals surface area contributed by atoms with Crippen molar-refractivity contribution in [1.82, 2.24) is 4.31 Å². The minimum atomic E-state index is -3.17. The van der Waals surface area contributed by atoms with Crippen LogP contribution in [0.25, 0.3) is 0 Å². The van der Waals surface area contributed by atoms with Crippen molar-refractivity contribution in [3.8, 4) is 0 Å². The summed E-state index contributed by atoms with van der Waals surface area (Å²) in [6.45, 7) is 3.64. The number of ketones is 1. The van der Waals surface area contributed by atoms with Gasteiger partial charge in [-0.3, -0.25) is 4.79 Å². The monoisotopic (exact) mass is 304 g/mol. The van der Waals surface area contributed by atoms with Crippen molar-refractivity contribution in [2.45, 2.75) is 32.2 Å². The number of ether oxygens (including phenoxy) is 1. The lowest BCUT2D eigenvalue weighted by Crippen LogP contribution is -2.46. The van der Waals surface area contributed by atoms with E-state index >= 15 is 0 Å². The number of nitrogens with zero attached hydrogens (tertiary/aromatic N) is 1. The van der Waals surface area contributed by atoms with Crippen LogP contribution in [0.4, 0.5) is 0 Å². The largest absolute Gasteiger partial charge is 0.379 e. The summed E-state index contributed by atoms with van der Waals surface area (Å²) in [4.78, 5) is 12.5. The molecule has 0 spiro atoms. The Labute approximate surface area is 120 Å². The maximum absolute atomic E-state index is 12.5. The highest BCUT2D eigenvalue weighted by molar-refractivity contribution is 7.88. The standard InChI is InChI=1S/C13H24N2O4S/c1-13(9-19-8-11(13)14)12(16)6-10-4-3-5-15(7-10)20(2,17)18/h10-11H,3-9,14H2,1-2H3. The number of hydrogen-bond acceptors (Lipinski definition) is 5. The Morgan fingerprint density at radius 1 is 1.50 bits per heavy atom. The fourth-order valence-corrected chi connectivity index (χ4v) is 3.91. The highest BCUT2D eigenvalue weighted by Crippen LogP contribution is 2.32. The molecule has 0 aromatic heterocycles. The number of hydrogen-bond donors (Lipinski definition) is 1. The topological polar surface area (TPSA) is 89.7 Å². The summed E-state index contributed by atoms with van der Waals surface area (Å²) < 4.78 is 30.0. The molecule has 20 heavy (non-hydrogen) atoms. The van der Waals surface area contributed by atoms with Gasteiger partial charge in [-0.2, -0.15) is 0 Å². The van der Waals surface area contributed by atoms with Crippen LogP contribution < -0.4 is 5.73 Å². The van der Waals surface area contributed by atoms with E-state index in [0.29, 0.717) is 32.7 Å². The number of nitrogens with two attached hydrogens (primary N) is 1. The maximum Gasteiger partial charge on any atom is 0.211 e. The third-order valence-corrected chi connectivity index (χ3v) is 5.85. The van der Waals surface area contributed by atoms with Crippen molar-refractivity contribution in [1.29, 1.82) is 0 Å². The molecular weight excluding hydrogens is 280 g/mol. The summed E-state index contributed by atoms with van der Waals surface area (Å²) in [5, 5.41) is 0. The molecule has 0 aromatic carbocycles. The number of Topliss-reactive ketones (excluding diaryl/α,β-unsaturated/α-hetero) is 1. The van der Waals surface area contributed by atoms with Crippen LogP contribution in [-0.2, 0) is 19.6 Å². The number of sulfonamides is 1. The zero-order valence-electron chi connectivity index (χ0n) is 12.2. The molecule has 0 amide bonds. The van der Waals surface area contributed by atoms with Crippen LogP contribution in [0.2, 0.25) is 0 Å². The van der Waals surface area contributed by atoms with E-state index in [9.17, 15) is 13.2 Å². The molecule has 6 nitrogen and oxygen atoms in total. The molecule has 2 heterocycles. The Kier molecular flexibility index (Phi) is 4.53. The van der Waals surface area contributed by atoms with Crippen molar-refractivity contribution >= 4 is 15.8 Å². The summed E-state index contributed by atoms with van der Waals surface area (Å²) in [6.07, 6.45) is 3.31. The van der Waals surface area contributed by atoms with Crippen molar-refractivity contribution < 1.29 is 17.9 Å². The molecule has 0 bridgehead atoms. The van der Waals surface area contributed by atoms with E-state index in [1.54, 1.807) is 0 Å². The van der Waals surface area contributed by atoms with Crippen molar-refractivity contribution in [3.63, 3.8) is 0 Å². The van der Waals surface area contributed by atoms with Gasteiger partial charge in [-0.1, -0.05) is 0 Å². The van der Waals surface area contributed by atoms with Gasteiger partial charge in [0.15, 0.2) is 0 Å². The highest BCUT2D eigenvalue weighted by atomic mass is 32.2. The fourth-order valence-electron chi connectivity index (χ4n) is 2.97. The molecule has 0 saturated carbocycles. The van der Waals surface area contributed by atoms with Gasteiger partial charge in [-0.25, -0.2) is 12.7 Å². The van der Waals surface area contributed by atoms with Crippen LogP contribution in [0.1, 0.15) is 26.2 Å². The van der Waals surface area contributed by atoms with Gasteiger partial charge in [-0.15, -0.1) is 0 Å². The van der Waals surface area contributed by atoms with E-state index in [4.69, 9.17) is 10.5 Å². The lowest BCUT2D eigenvalue weighted by molar-refractivity contribution is -0.129. The Morgan fingerprint density at radius 3 is 2.75 bits per heavy atom. The van der Waals surface area contributed by atoms with Crippen molar-refractivity contribution in [3.05, 3.63) is 0 Å². The predicted molar refractivity (Wildman–Crippen MR) is 75.7 cm³/mol. The quantitative estimate of drug-likeness (QED) is 0.788. The number of rotatable bonds is 4. The lowest BCUT2D eigenvalue weighted by Gasteiger charge is -2.33. The molecule has 2 aliphatic heterocycles. The Bertz CT molecular complexity index is 479. The average molecular weight is 304 g/mol. The Morgan fingerprint density at radius 2 is 2.20 bits per heavy atom. The molecule has 3 unspecified atom stereocenters. The van der Waals surface area contributed by atoms with Crippen molar-refractivity contribution in [2.24, 2.45) is 17.1 Å². The molecule has 0 aliphatic carbocycles. The van der Waals surface area contributed by atoms with Crippen LogP contribution in [0, 0.1) is 11.3 Å².